The molecule has 6 aromatic carbocycles. The Morgan fingerprint density at radius 2 is 1.00 bits per heavy atom. The number of thiophene rings is 1. The molecular weight excluding hydrogens is 518 g/mol. The Bertz CT molecular complexity index is 2200. The number of hydrogen-bond acceptors (Lipinski definition) is 4. The molecule has 0 radical (unpaired) electrons. The minimum absolute atomic E-state index is 0.661. The maximum atomic E-state index is 5.09. The average molecular weight is 542 g/mol. The van der Waals surface area contributed by atoms with Crippen LogP contribution in [0.15, 0.2) is 140 Å². The lowest BCUT2D eigenvalue weighted by molar-refractivity contribution is 1.08. The highest BCUT2D eigenvalue weighted by Gasteiger charge is 2.17. The van der Waals surface area contributed by atoms with Crippen molar-refractivity contribution in [2.45, 2.75) is 0 Å². The monoisotopic (exact) mass is 541 g/mol. The third-order valence-electron chi connectivity index (χ3n) is 7.54. The lowest BCUT2D eigenvalue weighted by Gasteiger charge is -2.10. The summed E-state index contributed by atoms with van der Waals surface area (Å²) in [6.07, 6.45) is 0. The van der Waals surface area contributed by atoms with Crippen LogP contribution in [0.5, 0.6) is 0 Å². The van der Waals surface area contributed by atoms with Gasteiger partial charge in [-0.05, 0) is 40.1 Å². The van der Waals surface area contributed by atoms with E-state index in [1.54, 1.807) is 11.3 Å². The summed E-state index contributed by atoms with van der Waals surface area (Å²) in [6.45, 7) is 0. The van der Waals surface area contributed by atoms with Gasteiger partial charge in [0.2, 0.25) is 0 Å². The van der Waals surface area contributed by atoms with Crippen molar-refractivity contribution >= 4 is 42.3 Å². The largest absolute Gasteiger partial charge is 0.208 e. The normalized spacial score (nSPS) is 11.4. The van der Waals surface area contributed by atoms with E-state index in [0.717, 1.165) is 27.6 Å². The van der Waals surface area contributed by atoms with E-state index in [1.165, 1.54) is 31.1 Å². The Morgan fingerprint density at radius 1 is 0.390 bits per heavy atom. The summed E-state index contributed by atoms with van der Waals surface area (Å²) < 4.78 is 2.49. The molecule has 0 saturated carbocycles. The highest BCUT2D eigenvalue weighted by atomic mass is 32.1. The molecule has 4 heteroatoms. The lowest BCUT2D eigenvalue weighted by Crippen LogP contribution is -2.00. The summed E-state index contributed by atoms with van der Waals surface area (Å²) in [5.74, 6) is 2.01. The molecule has 0 amide bonds. The smallest absolute Gasteiger partial charge is 0.164 e. The van der Waals surface area contributed by atoms with Crippen LogP contribution >= 0.6 is 11.3 Å². The van der Waals surface area contributed by atoms with Crippen LogP contribution in [0, 0.1) is 0 Å². The molecular formula is C37H23N3S. The molecule has 192 valence electrons. The van der Waals surface area contributed by atoms with Crippen molar-refractivity contribution in [1.82, 2.24) is 15.0 Å². The molecule has 0 atom stereocenters. The van der Waals surface area contributed by atoms with E-state index in [9.17, 15) is 0 Å². The number of fused-ring (bicyclic) bond motifs is 4. The first-order chi connectivity index (χ1) is 20.3. The Kier molecular flexibility index (Phi) is 5.64. The van der Waals surface area contributed by atoms with E-state index < -0.39 is 0 Å². The van der Waals surface area contributed by atoms with E-state index in [1.807, 2.05) is 6.07 Å². The van der Waals surface area contributed by atoms with E-state index in [-0.39, 0.29) is 0 Å². The van der Waals surface area contributed by atoms with Gasteiger partial charge in [0.05, 0.1) is 0 Å². The highest BCUT2D eigenvalue weighted by Crippen LogP contribution is 2.39. The fourth-order valence-corrected chi connectivity index (χ4v) is 6.62. The van der Waals surface area contributed by atoms with Crippen LogP contribution < -0.4 is 0 Å². The second kappa shape index (κ2) is 9.77. The minimum atomic E-state index is 0.661. The Hall–Kier alpha value is -5.19. The van der Waals surface area contributed by atoms with Gasteiger partial charge in [0.15, 0.2) is 17.5 Å². The number of nitrogens with zero attached hydrogens (tertiary/aromatic N) is 3. The van der Waals surface area contributed by atoms with Crippen LogP contribution in [0.2, 0.25) is 0 Å². The number of hydrogen-bond donors (Lipinski definition) is 0. The van der Waals surface area contributed by atoms with Gasteiger partial charge in [-0.15, -0.1) is 11.3 Å². The molecule has 41 heavy (non-hydrogen) atoms. The summed E-state index contributed by atoms with van der Waals surface area (Å²) in [4.78, 5) is 15.2. The molecule has 0 N–H and O–H groups in total. The van der Waals surface area contributed by atoms with Crippen LogP contribution in [-0.2, 0) is 0 Å². The lowest BCUT2D eigenvalue weighted by atomic mass is 10.0. The zero-order chi connectivity index (χ0) is 27.2. The van der Waals surface area contributed by atoms with Crippen LogP contribution in [0.1, 0.15) is 0 Å². The van der Waals surface area contributed by atoms with Crippen LogP contribution in [0.3, 0.4) is 0 Å². The van der Waals surface area contributed by atoms with Gasteiger partial charge in [-0.2, -0.15) is 0 Å². The van der Waals surface area contributed by atoms with E-state index in [0.29, 0.717) is 17.5 Å². The van der Waals surface area contributed by atoms with Gasteiger partial charge in [0, 0.05) is 36.9 Å². The number of benzene rings is 6. The third-order valence-corrected chi connectivity index (χ3v) is 8.67. The Balaban J connectivity index is 1.34. The third kappa shape index (κ3) is 4.26. The van der Waals surface area contributed by atoms with Gasteiger partial charge < -0.3 is 0 Å². The molecule has 8 aromatic rings. The van der Waals surface area contributed by atoms with Gasteiger partial charge >= 0.3 is 0 Å². The van der Waals surface area contributed by atoms with Gasteiger partial charge in [-0.3, -0.25) is 0 Å². The first-order valence-corrected chi connectivity index (χ1v) is 14.4. The van der Waals surface area contributed by atoms with Crippen molar-refractivity contribution in [2.75, 3.05) is 0 Å². The fourth-order valence-electron chi connectivity index (χ4n) is 5.49. The summed E-state index contributed by atoms with van der Waals surface area (Å²) in [5.41, 5.74) is 5.29. The molecule has 0 spiro atoms. The van der Waals surface area contributed by atoms with Crippen LogP contribution in [0.25, 0.3) is 76.2 Å². The zero-order valence-electron chi connectivity index (χ0n) is 22.0. The molecule has 0 unspecified atom stereocenters. The molecule has 0 aliphatic carbocycles. The molecule has 0 bridgehead atoms. The first kappa shape index (κ1) is 23.7. The zero-order valence-corrected chi connectivity index (χ0v) is 22.8. The molecule has 0 aliphatic rings. The fraction of sp³-hybridized carbons (Fsp3) is 0. The molecule has 2 heterocycles. The SMILES string of the molecule is c1ccc(-c2ccc(-c3nc(-c4ccc5ccccc5c4)nc(-c4cccc5sc6ccccc6c45)n3)cc2)cc1. The standard InChI is InChI=1S/C37H23N3S/c1-2-9-24(10-3-1)26-17-20-27(21-18-26)35-38-36(29-22-19-25-11-4-5-12-28(25)23-29)40-37(39-35)31-14-8-16-33-34(31)30-13-6-7-15-32(30)41-33/h1-23H. The molecule has 0 fully saturated rings. The van der Waals surface area contributed by atoms with Crippen molar-refractivity contribution < 1.29 is 0 Å². The predicted octanol–water partition coefficient (Wildman–Crippen LogP) is 10.1. The van der Waals surface area contributed by atoms with Crippen molar-refractivity contribution in [3.8, 4) is 45.3 Å². The molecule has 2 aromatic heterocycles. The molecule has 3 nitrogen and oxygen atoms in total. The van der Waals surface area contributed by atoms with E-state index in [4.69, 9.17) is 15.0 Å². The van der Waals surface area contributed by atoms with Gasteiger partial charge in [0.25, 0.3) is 0 Å². The summed E-state index contributed by atoms with van der Waals surface area (Å²) in [6, 6.07) is 48.6. The second-order valence-electron chi connectivity index (χ2n) is 10.1. The summed E-state index contributed by atoms with van der Waals surface area (Å²) >= 11 is 1.80. The molecule has 0 saturated heterocycles. The average Bonchev–Trinajstić information content (AvgIpc) is 3.44. The van der Waals surface area contributed by atoms with Crippen molar-refractivity contribution in [3.05, 3.63) is 140 Å². The summed E-state index contributed by atoms with van der Waals surface area (Å²) in [5, 5.41) is 4.77. The topological polar surface area (TPSA) is 38.7 Å². The molecule has 8 rings (SSSR count). The number of aromatic nitrogens is 3. The first-order valence-electron chi connectivity index (χ1n) is 13.6. The van der Waals surface area contributed by atoms with E-state index in [2.05, 4.69) is 133 Å². The van der Waals surface area contributed by atoms with Gasteiger partial charge in [-0.25, -0.2) is 15.0 Å². The van der Waals surface area contributed by atoms with Crippen LogP contribution in [-0.4, -0.2) is 15.0 Å². The second-order valence-corrected chi connectivity index (χ2v) is 11.2. The van der Waals surface area contributed by atoms with Crippen molar-refractivity contribution in [3.63, 3.8) is 0 Å². The van der Waals surface area contributed by atoms with Crippen LogP contribution in [0.4, 0.5) is 0 Å². The Labute approximate surface area is 241 Å². The van der Waals surface area contributed by atoms with Gasteiger partial charge in [0.1, 0.15) is 0 Å². The minimum Gasteiger partial charge on any atom is -0.208 e. The molecule has 0 aliphatic heterocycles. The number of rotatable bonds is 4. The maximum Gasteiger partial charge on any atom is 0.164 e. The van der Waals surface area contributed by atoms with Gasteiger partial charge in [-0.1, -0.05) is 121 Å². The summed E-state index contributed by atoms with van der Waals surface area (Å²) in [7, 11) is 0. The predicted molar refractivity (Wildman–Crippen MR) is 172 cm³/mol. The highest BCUT2D eigenvalue weighted by molar-refractivity contribution is 7.25. The van der Waals surface area contributed by atoms with Crippen molar-refractivity contribution in [2.24, 2.45) is 0 Å². The maximum absolute atomic E-state index is 5.09. The van der Waals surface area contributed by atoms with Crippen molar-refractivity contribution in [1.29, 1.82) is 0 Å². The quantitative estimate of drug-likeness (QED) is 0.222. The Morgan fingerprint density at radius 3 is 1.85 bits per heavy atom. The van der Waals surface area contributed by atoms with E-state index >= 15 is 0 Å².